The van der Waals surface area contributed by atoms with Crippen LogP contribution < -0.4 is 5.32 Å². The highest BCUT2D eigenvalue weighted by Gasteiger charge is 2.25. The number of anilines is 1. The first-order chi connectivity index (χ1) is 10.7. The molecule has 0 bridgehead atoms. The third-order valence-electron chi connectivity index (χ3n) is 4.53. The van der Waals surface area contributed by atoms with Crippen LogP contribution in [0.4, 0.5) is 5.69 Å². The van der Waals surface area contributed by atoms with Gasteiger partial charge in [-0.15, -0.1) is 0 Å². The lowest BCUT2D eigenvalue weighted by Crippen LogP contribution is -2.03. The highest BCUT2D eigenvalue weighted by atomic mass is 16.2. The van der Waals surface area contributed by atoms with Crippen molar-refractivity contribution in [1.82, 2.24) is 9.97 Å². The molecule has 2 aromatic rings. The molecular weight excluding hydrogens is 274 g/mol. The average molecular weight is 293 g/mol. The van der Waals surface area contributed by atoms with Gasteiger partial charge in [-0.05, 0) is 55.9 Å². The third kappa shape index (κ3) is 2.15. The van der Waals surface area contributed by atoms with Gasteiger partial charge in [-0.3, -0.25) is 4.79 Å². The Balaban J connectivity index is 1.76. The number of carbonyl (C=O) groups excluding carboxylic acids is 1. The van der Waals surface area contributed by atoms with Crippen LogP contribution in [-0.4, -0.2) is 15.9 Å². The molecule has 0 atom stereocenters. The Morgan fingerprint density at radius 1 is 1.27 bits per heavy atom. The molecule has 1 aromatic carbocycles. The largest absolute Gasteiger partial charge is 0.342 e. The Labute approximate surface area is 129 Å². The van der Waals surface area contributed by atoms with Crippen molar-refractivity contribution >= 4 is 23.2 Å². The number of fused-ring (bicyclic) bond motifs is 2. The molecule has 4 heteroatoms. The van der Waals surface area contributed by atoms with E-state index in [4.69, 9.17) is 0 Å². The molecule has 1 amide bonds. The minimum absolute atomic E-state index is 0.0439. The van der Waals surface area contributed by atoms with Crippen molar-refractivity contribution in [1.29, 1.82) is 0 Å². The Kier molecular flexibility index (Phi) is 3.10. The number of H-pyrrole nitrogens is 1. The molecule has 0 spiro atoms. The van der Waals surface area contributed by atoms with E-state index in [9.17, 15) is 4.79 Å². The smallest absolute Gasteiger partial charge is 0.256 e. The van der Waals surface area contributed by atoms with Crippen LogP contribution in [0.1, 0.15) is 48.1 Å². The van der Waals surface area contributed by atoms with Crippen LogP contribution in [-0.2, 0) is 24.1 Å². The minimum atomic E-state index is -0.0439. The molecule has 1 aromatic heterocycles. The van der Waals surface area contributed by atoms with E-state index in [2.05, 4.69) is 34.3 Å². The molecule has 1 aliphatic carbocycles. The second-order valence-electron chi connectivity index (χ2n) is 6.00. The van der Waals surface area contributed by atoms with Crippen LogP contribution in [0, 0.1) is 0 Å². The van der Waals surface area contributed by atoms with E-state index in [1.165, 1.54) is 29.8 Å². The van der Waals surface area contributed by atoms with Gasteiger partial charge in [0.15, 0.2) is 0 Å². The number of hydrogen-bond donors (Lipinski definition) is 2. The van der Waals surface area contributed by atoms with Crippen molar-refractivity contribution in [3.05, 3.63) is 46.5 Å². The Bertz CT molecular complexity index is 762. The summed E-state index contributed by atoms with van der Waals surface area (Å²) in [5, 5.41) is 2.93. The number of benzene rings is 1. The Morgan fingerprint density at radius 3 is 2.95 bits per heavy atom. The second kappa shape index (κ2) is 5.13. The summed E-state index contributed by atoms with van der Waals surface area (Å²) in [6.07, 6.45) is 7.38. The fraction of sp³-hybridized carbons (Fsp3) is 0.333. The molecular formula is C18H19N3O. The maximum atomic E-state index is 12.3. The van der Waals surface area contributed by atoms with E-state index in [0.29, 0.717) is 5.57 Å². The van der Waals surface area contributed by atoms with Crippen molar-refractivity contribution in [2.24, 2.45) is 0 Å². The minimum Gasteiger partial charge on any atom is -0.342 e. The number of aromatic nitrogens is 2. The lowest BCUT2D eigenvalue weighted by atomic mass is 10.0. The van der Waals surface area contributed by atoms with Crippen LogP contribution >= 0.6 is 0 Å². The summed E-state index contributed by atoms with van der Waals surface area (Å²) in [5.74, 6) is 0.754. The fourth-order valence-corrected chi connectivity index (χ4v) is 3.28. The zero-order valence-electron chi connectivity index (χ0n) is 12.7. The molecule has 4 nitrogen and oxygen atoms in total. The normalized spacial score (nSPS) is 18.2. The maximum Gasteiger partial charge on any atom is 0.256 e. The predicted molar refractivity (Wildman–Crippen MR) is 87.6 cm³/mol. The first-order valence-electron chi connectivity index (χ1n) is 7.98. The molecule has 4 rings (SSSR count). The van der Waals surface area contributed by atoms with Crippen LogP contribution in [0.3, 0.4) is 0 Å². The number of imidazole rings is 1. The molecule has 2 N–H and O–H groups in total. The van der Waals surface area contributed by atoms with E-state index < -0.39 is 0 Å². The molecule has 0 fully saturated rings. The van der Waals surface area contributed by atoms with E-state index in [1.54, 1.807) is 0 Å². The van der Waals surface area contributed by atoms with Gasteiger partial charge in [0.05, 0.1) is 11.3 Å². The summed E-state index contributed by atoms with van der Waals surface area (Å²) in [5.41, 5.74) is 6.22. The van der Waals surface area contributed by atoms with E-state index in [-0.39, 0.29) is 5.91 Å². The molecule has 2 aliphatic rings. The highest BCUT2D eigenvalue weighted by molar-refractivity contribution is 6.34. The van der Waals surface area contributed by atoms with Gasteiger partial charge in [0.1, 0.15) is 5.82 Å². The van der Waals surface area contributed by atoms with Crippen LogP contribution in [0.2, 0.25) is 0 Å². The zero-order chi connectivity index (χ0) is 15.1. The van der Waals surface area contributed by atoms with Gasteiger partial charge in [0.25, 0.3) is 5.91 Å². The number of nitrogens with zero attached hydrogens (tertiary/aromatic N) is 1. The zero-order valence-corrected chi connectivity index (χ0v) is 12.7. The third-order valence-corrected chi connectivity index (χ3v) is 4.53. The number of carbonyl (C=O) groups is 1. The molecule has 1 aliphatic heterocycles. The van der Waals surface area contributed by atoms with Crippen LogP contribution in [0.15, 0.2) is 18.2 Å². The topological polar surface area (TPSA) is 57.8 Å². The number of aromatic amines is 1. The van der Waals surface area contributed by atoms with Crippen molar-refractivity contribution < 1.29 is 4.79 Å². The van der Waals surface area contributed by atoms with Gasteiger partial charge in [0, 0.05) is 16.9 Å². The number of nitrogens with one attached hydrogen (secondary N) is 2. The quantitative estimate of drug-likeness (QED) is 0.834. The van der Waals surface area contributed by atoms with Gasteiger partial charge < -0.3 is 10.3 Å². The summed E-state index contributed by atoms with van der Waals surface area (Å²) >= 11 is 0. The van der Waals surface area contributed by atoms with Gasteiger partial charge in [0.2, 0.25) is 0 Å². The van der Waals surface area contributed by atoms with Crippen molar-refractivity contribution in [2.75, 3.05) is 5.32 Å². The van der Waals surface area contributed by atoms with Crippen LogP contribution in [0.25, 0.3) is 11.6 Å². The van der Waals surface area contributed by atoms with Crippen molar-refractivity contribution in [3.63, 3.8) is 0 Å². The second-order valence-corrected chi connectivity index (χ2v) is 6.00. The van der Waals surface area contributed by atoms with Crippen molar-refractivity contribution in [2.45, 2.75) is 39.0 Å². The van der Waals surface area contributed by atoms with Crippen LogP contribution in [0.5, 0.6) is 0 Å². The molecule has 0 unspecified atom stereocenters. The van der Waals surface area contributed by atoms with Gasteiger partial charge >= 0.3 is 0 Å². The SMILES string of the molecule is CCc1ccc2c(c1)C(=Cc1nc3c([nH]1)CCCC3)C(=O)N2. The molecule has 2 heterocycles. The molecule has 22 heavy (non-hydrogen) atoms. The maximum absolute atomic E-state index is 12.3. The Hall–Kier alpha value is -2.36. The van der Waals surface area contributed by atoms with Gasteiger partial charge in [-0.25, -0.2) is 4.98 Å². The predicted octanol–water partition coefficient (Wildman–Crippen LogP) is 3.34. The lowest BCUT2D eigenvalue weighted by Gasteiger charge is -2.07. The monoisotopic (exact) mass is 293 g/mol. The fourth-order valence-electron chi connectivity index (χ4n) is 3.28. The highest BCUT2D eigenvalue weighted by Crippen LogP contribution is 2.34. The average Bonchev–Trinajstić information content (AvgIpc) is 3.08. The number of amides is 1. The number of aryl methyl sites for hydroxylation is 3. The summed E-state index contributed by atoms with van der Waals surface area (Å²) in [4.78, 5) is 20.3. The van der Waals surface area contributed by atoms with E-state index in [1.807, 2.05) is 12.1 Å². The van der Waals surface area contributed by atoms with E-state index >= 15 is 0 Å². The summed E-state index contributed by atoms with van der Waals surface area (Å²) in [6, 6.07) is 6.15. The summed E-state index contributed by atoms with van der Waals surface area (Å²) < 4.78 is 0. The van der Waals surface area contributed by atoms with Gasteiger partial charge in [-0.2, -0.15) is 0 Å². The molecule has 0 saturated carbocycles. The first kappa shape index (κ1) is 13.3. The summed E-state index contributed by atoms with van der Waals surface area (Å²) in [6.45, 7) is 2.12. The van der Waals surface area contributed by atoms with E-state index in [0.717, 1.165) is 36.3 Å². The lowest BCUT2D eigenvalue weighted by molar-refractivity contribution is -0.110. The van der Waals surface area contributed by atoms with Gasteiger partial charge in [-0.1, -0.05) is 13.0 Å². The summed E-state index contributed by atoms with van der Waals surface area (Å²) in [7, 11) is 0. The number of hydrogen-bond acceptors (Lipinski definition) is 2. The van der Waals surface area contributed by atoms with Crippen molar-refractivity contribution in [3.8, 4) is 0 Å². The Morgan fingerprint density at radius 2 is 2.14 bits per heavy atom. The molecule has 112 valence electrons. The number of rotatable bonds is 2. The first-order valence-corrected chi connectivity index (χ1v) is 7.98. The molecule has 0 radical (unpaired) electrons. The standard InChI is InChI=1S/C18H19N3O/c1-2-11-7-8-14-12(9-11)13(18(22)21-14)10-17-19-15-5-3-4-6-16(15)20-17/h7-10H,2-6H2,1H3,(H,19,20)(H,21,22). The molecule has 0 saturated heterocycles.